The summed E-state index contributed by atoms with van der Waals surface area (Å²) in [4.78, 5) is 14.5. The van der Waals surface area contributed by atoms with E-state index in [4.69, 9.17) is 39.5 Å². The van der Waals surface area contributed by atoms with Crippen molar-refractivity contribution >= 4 is 40.9 Å². The lowest BCUT2D eigenvalue weighted by atomic mass is 9.52. The largest absolute Gasteiger partial charge is 0.450 e. The first-order chi connectivity index (χ1) is 21.7. The van der Waals surface area contributed by atoms with Crippen molar-refractivity contribution in [2.45, 2.75) is 125 Å². The summed E-state index contributed by atoms with van der Waals surface area (Å²) in [6.45, 7) is 8.90. The SMILES string of the molecule is CCOC(=O)N1CC[C@@]23CCCC[C@@H]2[C@@H]1Cc1ccc(C)cc13.Cc1ccc2c(c1)[C@]13CCCC[C@@H]1[C@H](C2)NCC3.ClC(Cl)Cl. The van der Waals surface area contributed by atoms with Crippen LogP contribution in [0.4, 0.5) is 4.79 Å². The molecule has 2 heterocycles. The highest BCUT2D eigenvalue weighted by Crippen LogP contribution is 2.56. The summed E-state index contributed by atoms with van der Waals surface area (Å²) in [5.74, 6) is 1.53. The predicted octanol–water partition coefficient (Wildman–Crippen LogP) is 9.54. The van der Waals surface area contributed by atoms with Crippen molar-refractivity contribution < 1.29 is 9.53 Å². The lowest BCUT2D eigenvalue weighted by Crippen LogP contribution is -2.62. The third kappa shape index (κ3) is 6.40. The molecule has 4 aliphatic carbocycles. The van der Waals surface area contributed by atoms with Crippen molar-refractivity contribution in [3.63, 3.8) is 0 Å². The number of carbonyl (C=O) groups is 1. The molecule has 45 heavy (non-hydrogen) atoms. The molecule has 0 aromatic heterocycles. The maximum absolute atomic E-state index is 12.4. The number of carbonyl (C=O) groups excluding carboxylic acids is 1. The Morgan fingerprint density at radius 2 is 1.44 bits per heavy atom. The molecule has 2 saturated carbocycles. The number of aryl methyl sites for hydroxylation is 2. The van der Waals surface area contributed by atoms with E-state index in [9.17, 15) is 4.79 Å². The Kier molecular flexibility index (Phi) is 10.4. The van der Waals surface area contributed by atoms with Crippen LogP contribution in [0.15, 0.2) is 36.4 Å². The summed E-state index contributed by atoms with van der Waals surface area (Å²) in [7, 11) is 0. The highest BCUT2D eigenvalue weighted by Gasteiger charge is 2.55. The van der Waals surface area contributed by atoms with Crippen molar-refractivity contribution in [2.75, 3.05) is 19.7 Å². The van der Waals surface area contributed by atoms with Gasteiger partial charge in [-0.2, -0.15) is 0 Å². The summed E-state index contributed by atoms with van der Waals surface area (Å²) in [6.07, 6.45) is 15.6. The molecule has 2 aromatic carbocycles. The lowest BCUT2D eigenvalue weighted by molar-refractivity contribution is -0.0109. The van der Waals surface area contributed by atoms with Gasteiger partial charge in [0.25, 0.3) is 0 Å². The number of hydrogen-bond donors (Lipinski definition) is 1. The average molecular weight is 674 g/mol. The van der Waals surface area contributed by atoms with Gasteiger partial charge in [0.2, 0.25) is 0 Å². The molecule has 4 bridgehead atoms. The maximum Gasteiger partial charge on any atom is 0.410 e. The Bertz CT molecular complexity index is 1360. The van der Waals surface area contributed by atoms with Crippen LogP contribution in [-0.2, 0) is 28.4 Å². The minimum atomic E-state index is -0.750. The average Bonchev–Trinajstić information content (AvgIpc) is 3.02. The molecule has 246 valence electrons. The topological polar surface area (TPSA) is 41.6 Å². The second-order valence-electron chi connectivity index (χ2n) is 14.5. The van der Waals surface area contributed by atoms with Gasteiger partial charge in [-0.15, -0.1) is 0 Å². The van der Waals surface area contributed by atoms with Crippen LogP contribution in [0.5, 0.6) is 0 Å². The second kappa shape index (κ2) is 14.0. The number of nitrogens with one attached hydrogen (secondary N) is 1. The highest BCUT2D eigenvalue weighted by atomic mass is 35.6. The normalized spacial score (nSPS) is 32.3. The van der Waals surface area contributed by atoms with Gasteiger partial charge in [0.1, 0.15) is 0 Å². The van der Waals surface area contributed by atoms with Crippen molar-refractivity contribution in [1.82, 2.24) is 10.2 Å². The molecule has 1 amide bonds. The molecular formula is C38H51Cl3N2O2. The number of halogens is 3. The van der Waals surface area contributed by atoms with Gasteiger partial charge in [0.05, 0.1) is 6.61 Å². The van der Waals surface area contributed by atoms with Crippen molar-refractivity contribution in [3.8, 4) is 0 Å². The molecule has 7 heteroatoms. The van der Waals surface area contributed by atoms with Crippen LogP contribution in [0.1, 0.15) is 105 Å². The number of amides is 1. The first-order valence-corrected chi connectivity index (χ1v) is 18.8. The van der Waals surface area contributed by atoms with Crippen molar-refractivity contribution in [1.29, 1.82) is 0 Å². The Hall–Kier alpha value is -1.46. The summed E-state index contributed by atoms with van der Waals surface area (Å²) in [6, 6.07) is 15.3. The highest BCUT2D eigenvalue weighted by molar-refractivity contribution is 6.63. The molecule has 1 N–H and O–H groups in total. The zero-order valence-corrected chi connectivity index (χ0v) is 29.6. The van der Waals surface area contributed by atoms with Gasteiger partial charge >= 0.3 is 6.09 Å². The summed E-state index contributed by atoms with van der Waals surface area (Å²) < 4.78 is 4.59. The maximum atomic E-state index is 12.4. The lowest BCUT2D eigenvalue weighted by Gasteiger charge is -2.58. The fourth-order valence-electron chi connectivity index (χ4n) is 10.6. The van der Waals surface area contributed by atoms with Crippen LogP contribution in [0.25, 0.3) is 0 Å². The van der Waals surface area contributed by atoms with Crippen molar-refractivity contribution in [2.24, 2.45) is 11.8 Å². The minimum Gasteiger partial charge on any atom is -0.450 e. The fraction of sp³-hybridized carbons (Fsp3) is 0.658. The van der Waals surface area contributed by atoms with Crippen molar-refractivity contribution in [3.05, 3.63) is 69.8 Å². The molecule has 4 fully saturated rings. The van der Waals surface area contributed by atoms with E-state index in [1.165, 1.54) is 87.4 Å². The number of rotatable bonds is 1. The van der Waals surface area contributed by atoms with E-state index in [1.54, 1.807) is 16.7 Å². The molecule has 2 aliphatic heterocycles. The van der Waals surface area contributed by atoms with E-state index in [0.717, 1.165) is 31.3 Å². The Labute approximate surface area is 285 Å². The monoisotopic (exact) mass is 672 g/mol. The molecule has 2 saturated heterocycles. The quantitative estimate of drug-likeness (QED) is 0.307. The number of hydrogen-bond acceptors (Lipinski definition) is 3. The third-order valence-corrected chi connectivity index (χ3v) is 12.3. The molecule has 0 spiro atoms. The second-order valence-corrected chi connectivity index (χ2v) is 16.5. The zero-order chi connectivity index (χ0) is 31.8. The predicted molar refractivity (Wildman–Crippen MR) is 187 cm³/mol. The number of nitrogens with zero attached hydrogens (tertiary/aromatic N) is 1. The summed E-state index contributed by atoms with van der Waals surface area (Å²) in [5.41, 5.74) is 10.1. The Morgan fingerprint density at radius 1 is 0.867 bits per heavy atom. The summed E-state index contributed by atoms with van der Waals surface area (Å²) in [5, 5.41) is 3.80. The van der Waals surface area contributed by atoms with E-state index in [1.807, 2.05) is 11.8 Å². The number of ether oxygens (including phenoxy) is 1. The van der Waals surface area contributed by atoms with E-state index in [2.05, 4.69) is 55.6 Å². The van der Waals surface area contributed by atoms with Crippen LogP contribution in [0.2, 0.25) is 0 Å². The van der Waals surface area contributed by atoms with Crippen LogP contribution in [0, 0.1) is 25.7 Å². The Balaban J connectivity index is 0.000000145. The Morgan fingerprint density at radius 3 is 2.07 bits per heavy atom. The molecule has 4 nitrogen and oxygen atoms in total. The van der Waals surface area contributed by atoms with E-state index < -0.39 is 4.30 Å². The molecule has 2 aromatic rings. The molecule has 0 unspecified atom stereocenters. The van der Waals surface area contributed by atoms with Crippen LogP contribution in [-0.4, -0.2) is 47.1 Å². The number of fused-ring (bicyclic) bond motifs is 2. The van der Waals surface area contributed by atoms with Gasteiger partial charge < -0.3 is 15.0 Å². The molecule has 8 rings (SSSR count). The van der Waals surface area contributed by atoms with E-state index in [0.29, 0.717) is 29.4 Å². The van der Waals surface area contributed by atoms with Gasteiger partial charge in [0.15, 0.2) is 4.30 Å². The fourth-order valence-corrected chi connectivity index (χ4v) is 10.6. The van der Waals surface area contributed by atoms with E-state index in [-0.39, 0.29) is 6.09 Å². The van der Waals surface area contributed by atoms with Gasteiger partial charge in [-0.3, -0.25) is 0 Å². The minimum absolute atomic E-state index is 0.104. The number of alkyl halides is 3. The third-order valence-electron chi connectivity index (χ3n) is 12.3. The van der Waals surface area contributed by atoms with Gasteiger partial charge in [-0.05, 0) is 113 Å². The standard InChI is InChI=1S/C20H27NO2.C17H23N.CHCl3/c1-3-23-19(22)21-11-10-20-9-5-4-6-16(20)18(21)13-15-8-7-14(2)12-17(15)20;1-12-5-6-13-11-16-14-4-2-3-7-17(14,8-9-18-16)15(13)10-12;2-1(3)4/h7-8,12,16,18H,3-6,9-11,13H2,1-2H3;5-6,10,14,16,18H,2-4,7-9,11H2,1H3;1H/t16-,18+,20+;14-,16+,17+;/m11./s1. The first-order valence-electron chi connectivity index (χ1n) is 17.5. The number of likely N-dealkylation sites (tertiary alicyclic amines) is 1. The molecular weight excluding hydrogens is 623 g/mol. The van der Waals surface area contributed by atoms with Crippen LogP contribution >= 0.6 is 34.8 Å². The van der Waals surface area contributed by atoms with Gasteiger partial charge in [-0.25, -0.2) is 4.79 Å². The van der Waals surface area contributed by atoms with Gasteiger partial charge in [-0.1, -0.05) is 108 Å². The summed E-state index contributed by atoms with van der Waals surface area (Å²) >= 11 is 14.4. The zero-order valence-electron chi connectivity index (χ0n) is 27.4. The van der Waals surface area contributed by atoms with Crippen LogP contribution in [0.3, 0.4) is 0 Å². The molecule has 6 aliphatic rings. The number of benzene rings is 2. The number of piperidine rings is 2. The first kappa shape index (κ1) is 33.4. The molecule has 6 atom stereocenters. The van der Waals surface area contributed by atoms with Gasteiger partial charge in [0, 0.05) is 29.5 Å². The van der Waals surface area contributed by atoms with E-state index >= 15 is 0 Å². The van der Waals surface area contributed by atoms with Crippen LogP contribution < -0.4 is 5.32 Å². The smallest absolute Gasteiger partial charge is 0.410 e. The molecule has 0 radical (unpaired) electrons.